The number of benzene rings is 1. The molecule has 1 aliphatic heterocycles. The van der Waals surface area contributed by atoms with E-state index in [0.29, 0.717) is 18.5 Å². The van der Waals surface area contributed by atoms with Crippen molar-refractivity contribution < 1.29 is 14.3 Å². The molecule has 0 aromatic heterocycles. The largest absolute Gasteiger partial charge is 0.347 e. The van der Waals surface area contributed by atoms with Gasteiger partial charge in [0.15, 0.2) is 5.79 Å². The van der Waals surface area contributed by atoms with Crippen LogP contribution < -0.4 is 10.6 Å². The normalized spacial score (nSPS) is 23.0. The second-order valence-corrected chi connectivity index (χ2v) is 8.82. The summed E-state index contributed by atoms with van der Waals surface area (Å²) in [6.45, 7) is 7.76. The van der Waals surface area contributed by atoms with Crippen LogP contribution in [0.15, 0.2) is 23.1 Å². The lowest BCUT2D eigenvalue weighted by Gasteiger charge is -2.36. The smallest absolute Gasteiger partial charge is 0.319 e. The molecule has 3 rings (SSSR count). The second-order valence-electron chi connectivity index (χ2n) is 7.31. The number of aryl methyl sites for hydroxylation is 1. The number of amides is 2. The van der Waals surface area contributed by atoms with Gasteiger partial charge in [0.05, 0.1) is 13.2 Å². The summed E-state index contributed by atoms with van der Waals surface area (Å²) in [6.07, 6.45) is 4.75. The Morgan fingerprint density at radius 1 is 1.38 bits per heavy atom. The maximum Gasteiger partial charge on any atom is 0.319 e. The number of hydrogen-bond donors (Lipinski definition) is 2. The molecule has 1 heterocycles. The van der Waals surface area contributed by atoms with Gasteiger partial charge in [-0.1, -0.05) is 13.8 Å². The van der Waals surface area contributed by atoms with Crippen molar-refractivity contribution in [3.8, 4) is 0 Å². The van der Waals surface area contributed by atoms with Gasteiger partial charge in [-0.25, -0.2) is 4.79 Å². The fourth-order valence-corrected chi connectivity index (χ4v) is 4.61. The fourth-order valence-electron chi connectivity index (χ4n) is 3.59. The third-order valence-corrected chi connectivity index (χ3v) is 6.44. The van der Waals surface area contributed by atoms with Gasteiger partial charge in [-0.15, -0.1) is 11.8 Å². The SMILES string of the molecule is CC[C@@H](C)Sc1ccc(NC(=O)N[C@@H]2CCCC3(C2)OCCO3)c(C)c1. The predicted octanol–water partition coefficient (Wildman–Crippen LogP) is 4.69. The van der Waals surface area contributed by atoms with Crippen LogP contribution in [0.25, 0.3) is 0 Å². The molecular weight excluding hydrogens is 348 g/mol. The Balaban J connectivity index is 1.54. The van der Waals surface area contributed by atoms with Gasteiger partial charge in [-0.3, -0.25) is 0 Å². The van der Waals surface area contributed by atoms with Crippen molar-refractivity contribution in [3.05, 3.63) is 23.8 Å². The van der Waals surface area contributed by atoms with Crippen molar-refractivity contribution in [2.75, 3.05) is 18.5 Å². The van der Waals surface area contributed by atoms with E-state index in [1.807, 2.05) is 24.8 Å². The topological polar surface area (TPSA) is 59.6 Å². The summed E-state index contributed by atoms with van der Waals surface area (Å²) in [6, 6.07) is 6.14. The zero-order chi connectivity index (χ0) is 18.6. The average Bonchev–Trinajstić information content (AvgIpc) is 3.04. The fraction of sp³-hybridized carbons (Fsp3) is 0.650. The summed E-state index contributed by atoms with van der Waals surface area (Å²) in [5, 5.41) is 6.67. The van der Waals surface area contributed by atoms with E-state index in [4.69, 9.17) is 9.47 Å². The highest BCUT2D eigenvalue weighted by Crippen LogP contribution is 2.36. The first kappa shape index (κ1) is 19.5. The van der Waals surface area contributed by atoms with Crippen LogP contribution in [-0.4, -0.2) is 36.3 Å². The third kappa shape index (κ3) is 4.93. The summed E-state index contributed by atoms with van der Waals surface area (Å²) in [7, 11) is 0. The van der Waals surface area contributed by atoms with Gasteiger partial charge in [0.1, 0.15) is 0 Å². The maximum atomic E-state index is 12.4. The first-order valence-corrected chi connectivity index (χ1v) is 10.5. The summed E-state index contributed by atoms with van der Waals surface area (Å²) < 4.78 is 11.6. The molecule has 5 nitrogen and oxygen atoms in total. The van der Waals surface area contributed by atoms with Gasteiger partial charge in [-0.05, 0) is 49.9 Å². The van der Waals surface area contributed by atoms with E-state index in [1.165, 1.54) is 4.90 Å². The molecule has 0 radical (unpaired) electrons. The number of carbonyl (C=O) groups is 1. The van der Waals surface area contributed by atoms with Crippen LogP contribution in [0.3, 0.4) is 0 Å². The average molecular weight is 379 g/mol. The summed E-state index contributed by atoms with van der Waals surface area (Å²) >= 11 is 1.87. The summed E-state index contributed by atoms with van der Waals surface area (Å²) in [5.41, 5.74) is 1.94. The lowest BCUT2D eigenvalue weighted by molar-refractivity contribution is -0.180. The Morgan fingerprint density at radius 2 is 2.15 bits per heavy atom. The number of thioether (sulfide) groups is 1. The molecular formula is C20H30N2O3S. The molecule has 6 heteroatoms. The Kier molecular flexibility index (Phi) is 6.48. The Labute approximate surface area is 160 Å². The molecule has 2 N–H and O–H groups in total. The molecule has 2 amide bonds. The van der Waals surface area contributed by atoms with E-state index in [-0.39, 0.29) is 12.1 Å². The van der Waals surface area contributed by atoms with Crippen molar-refractivity contribution in [1.29, 1.82) is 0 Å². The van der Waals surface area contributed by atoms with Crippen LogP contribution in [0.5, 0.6) is 0 Å². The first-order chi connectivity index (χ1) is 12.5. The number of urea groups is 1. The van der Waals surface area contributed by atoms with E-state index in [1.54, 1.807) is 0 Å². The van der Waals surface area contributed by atoms with Gasteiger partial charge >= 0.3 is 6.03 Å². The standard InChI is InChI=1S/C20H30N2O3S/c1-4-15(3)26-17-7-8-18(14(2)12-17)22-19(23)21-16-6-5-9-20(13-16)24-10-11-25-20/h7-8,12,15-16H,4-6,9-11,13H2,1-3H3,(H2,21,22,23)/t15-,16-/m1/s1. The molecule has 1 saturated heterocycles. The second kappa shape index (κ2) is 8.63. The van der Waals surface area contributed by atoms with E-state index in [2.05, 4.69) is 36.6 Å². The number of anilines is 1. The molecule has 1 aromatic rings. The van der Waals surface area contributed by atoms with Crippen LogP contribution in [0.4, 0.5) is 10.5 Å². The monoisotopic (exact) mass is 378 g/mol. The van der Waals surface area contributed by atoms with Crippen LogP contribution in [0.1, 0.15) is 51.5 Å². The van der Waals surface area contributed by atoms with Gasteiger partial charge in [0.25, 0.3) is 0 Å². The molecule has 2 atom stereocenters. The van der Waals surface area contributed by atoms with Crippen molar-refractivity contribution in [2.24, 2.45) is 0 Å². The quantitative estimate of drug-likeness (QED) is 0.730. The van der Waals surface area contributed by atoms with Gasteiger partial charge in [0.2, 0.25) is 0 Å². The van der Waals surface area contributed by atoms with Crippen molar-refractivity contribution >= 4 is 23.5 Å². The Morgan fingerprint density at radius 3 is 2.85 bits per heavy atom. The van der Waals surface area contributed by atoms with Crippen molar-refractivity contribution in [1.82, 2.24) is 5.32 Å². The molecule has 0 bridgehead atoms. The van der Waals surface area contributed by atoms with E-state index in [0.717, 1.165) is 43.4 Å². The Bertz CT molecular complexity index is 631. The molecule has 1 spiro atoms. The van der Waals surface area contributed by atoms with Crippen molar-refractivity contribution in [3.63, 3.8) is 0 Å². The number of carbonyl (C=O) groups excluding carboxylic acids is 1. The molecule has 1 saturated carbocycles. The van der Waals surface area contributed by atoms with Crippen LogP contribution in [-0.2, 0) is 9.47 Å². The predicted molar refractivity (Wildman–Crippen MR) is 106 cm³/mol. The minimum Gasteiger partial charge on any atom is -0.347 e. The number of rotatable bonds is 5. The molecule has 1 aromatic carbocycles. The number of nitrogens with one attached hydrogen (secondary N) is 2. The number of hydrogen-bond acceptors (Lipinski definition) is 4. The lowest BCUT2D eigenvalue weighted by atomic mass is 9.90. The minimum absolute atomic E-state index is 0.0855. The van der Waals surface area contributed by atoms with E-state index < -0.39 is 5.79 Å². The molecule has 26 heavy (non-hydrogen) atoms. The zero-order valence-corrected chi connectivity index (χ0v) is 16.8. The molecule has 1 aliphatic carbocycles. The summed E-state index contributed by atoms with van der Waals surface area (Å²) in [5.74, 6) is -0.471. The summed E-state index contributed by atoms with van der Waals surface area (Å²) in [4.78, 5) is 13.7. The van der Waals surface area contributed by atoms with E-state index >= 15 is 0 Å². The third-order valence-electron chi connectivity index (χ3n) is 5.17. The molecule has 2 aliphatic rings. The van der Waals surface area contributed by atoms with Gasteiger partial charge < -0.3 is 20.1 Å². The first-order valence-electron chi connectivity index (χ1n) is 9.62. The van der Waals surface area contributed by atoms with E-state index in [9.17, 15) is 4.79 Å². The maximum absolute atomic E-state index is 12.4. The van der Waals surface area contributed by atoms with Crippen LogP contribution in [0.2, 0.25) is 0 Å². The van der Waals surface area contributed by atoms with Gasteiger partial charge in [-0.2, -0.15) is 0 Å². The van der Waals surface area contributed by atoms with Crippen molar-refractivity contribution in [2.45, 2.75) is 74.8 Å². The Hall–Kier alpha value is -1.24. The lowest BCUT2D eigenvalue weighted by Crippen LogP contribution is -2.47. The highest BCUT2D eigenvalue weighted by Gasteiger charge is 2.41. The molecule has 2 fully saturated rings. The van der Waals surface area contributed by atoms with Gasteiger partial charge in [0, 0.05) is 34.7 Å². The highest BCUT2D eigenvalue weighted by molar-refractivity contribution is 7.99. The molecule has 0 unspecified atom stereocenters. The van der Waals surface area contributed by atoms with Crippen LogP contribution >= 0.6 is 11.8 Å². The van der Waals surface area contributed by atoms with Crippen LogP contribution in [0, 0.1) is 6.92 Å². The highest BCUT2D eigenvalue weighted by atomic mass is 32.2. The molecule has 144 valence electrons. The zero-order valence-electron chi connectivity index (χ0n) is 16.0. The number of ether oxygens (including phenoxy) is 2. The minimum atomic E-state index is -0.471.